The number of amides is 1. The summed E-state index contributed by atoms with van der Waals surface area (Å²) in [6.07, 6.45) is 4.88. The van der Waals surface area contributed by atoms with E-state index in [0.717, 1.165) is 43.2 Å². The van der Waals surface area contributed by atoms with E-state index in [0.29, 0.717) is 10.2 Å². The molecule has 6 heteroatoms. The summed E-state index contributed by atoms with van der Waals surface area (Å²) in [4.78, 5) is 34.2. The van der Waals surface area contributed by atoms with Gasteiger partial charge in [0.1, 0.15) is 4.83 Å². The van der Waals surface area contributed by atoms with Crippen LogP contribution in [0.5, 0.6) is 0 Å². The third kappa shape index (κ3) is 2.32. The Morgan fingerprint density at radius 1 is 1.24 bits per heavy atom. The zero-order valence-electron chi connectivity index (χ0n) is 13.6. The number of hydrogen-bond acceptors (Lipinski definition) is 4. The van der Waals surface area contributed by atoms with Gasteiger partial charge in [-0.05, 0) is 48.8 Å². The van der Waals surface area contributed by atoms with Crippen molar-refractivity contribution in [1.82, 2.24) is 15.3 Å². The second kappa shape index (κ2) is 5.52. The first-order valence-electron chi connectivity index (χ1n) is 8.64. The maximum atomic E-state index is 12.6. The van der Waals surface area contributed by atoms with Crippen LogP contribution in [0.1, 0.15) is 51.1 Å². The number of rotatable bonds is 2. The highest BCUT2D eigenvalue weighted by molar-refractivity contribution is 7.18. The Balaban J connectivity index is 1.48. The molecular weight excluding hydrogens is 334 g/mol. The van der Waals surface area contributed by atoms with Gasteiger partial charge in [0.25, 0.3) is 11.5 Å². The van der Waals surface area contributed by atoms with E-state index in [1.54, 1.807) is 11.3 Å². The second-order valence-electron chi connectivity index (χ2n) is 6.72. The highest BCUT2D eigenvalue weighted by Crippen LogP contribution is 2.34. The van der Waals surface area contributed by atoms with Gasteiger partial charge >= 0.3 is 0 Å². The van der Waals surface area contributed by atoms with Crippen molar-refractivity contribution in [2.45, 2.75) is 38.1 Å². The van der Waals surface area contributed by atoms with E-state index in [4.69, 9.17) is 0 Å². The molecule has 0 radical (unpaired) electrons. The summed E-state index contributed by atoms with van der Waals surface area (Å²) >= 11 is 1.55. The Morgan fingerprint density at radius 3 is 3.04 bits per heavy atom. The molecule has 1 atom stereocenters. The van der Waals surface area contributed by atoms with Gasteiger partial charge in [0.05, 0.1) is 11.4 Å². The number of aromatic amines is 1. The van der Waals surface area contributed by atoms with Crippen molar-refractivity contribution < 1.29 is 4.79 Å². The lowest BCUT2D eigenvalue weighted by Gasteiger charge is -2.13. The van der Waals surface area contributed by atoms with Crippen LogP contribution in [-0.4, -0.2) is 15.9 Å². The Kier molecular flexibility index (Phi) is 3.28. The molecule has 0 bridgehead atoms. The van der Waals surface area contributed by atoms with Crippen LogP contribution in [0.4, 0.5) is 0 Å². The normalized spacial score (nSPS) is 18.3. The molecule has 5 rings (SSSR count). The molecule has 0 spiro atoms. The molecule has 2 aliphatic rings. The average molecular weight is 351 g/mol. The number of nitrogens with one attached hydrogen (secondary N) is 2. The SMILES string of the molecule is O=C(N[C@H]1CCc2ccccc21)c1nc2sc3c(c2c(=O)[nH]1)CCC3. The third-order valence-corrected chi connectivity index (χ3v) is 6.41. The molecule has 25 heavy (non-hydrogen) atoms. The summed E-state index contributed by atoms with van der Waals surface area (Å²) in [7, 11) is 0. The van der Waals surface area contributed by atoms with Crippen molar-refractivity contribution in [2.24, 2.45) is 0 Å². The fourth-order valence-electron chi connectivity index (χ4n) is 4.04. The molecule has 2 aromatic heterocycles. The van der Waals surface area contributed by atoms with Crippen LogP contribution in [0.2, 0.25) is 0 Å². The monoisotopic (exact) mass is 351 g/mol. The van der Waals surface area contributed by atoms with Gasteiger partial charge in [-0.2, -0.15) is 0 Å². The molecule has 2 heterocycles. The molecule has 1 aromatic carbocycles. The number of nitrogens with zero attached hydrogens (tertiary/aromatic N) is 1. The van der Waals surface area contributed by atoms with Crippen LogP contribution in [0, 0.1) is 0 Å². The minimum absolute atomic E-state index is 0.0157. The third-order valence-electron chi connectivity index (χ3n) is 5.23. The number of H-pyrrole nitrogens is 1. The highest BCUT2D eigenvalue weighted by Gasteiger charge is 2.26. The van der Waals surface area contributed by atoms with Gasteiger partial charge in [-0.25, -0.2) is 4.98 Å². The number of thiophene rings is 1. The summed E-state index contributed by atoms with van der Waals surface area (Å²) in [5, 5.41) is 3.71. The summed E-state index contributed by atoms with van der Waals surface area (Å²) in [5.41, 5.74) is 3.38. The van der Waals surface area contributed by atoms with E-state index in [1.807, 2.05) is 12.1 Å². The molecule has 0 fully saturated rings. The fraction of sp³-hybridized carbons (Fsp3) is 0.316. The lowest BCUT2D eigenvalue weighted by atomic mass is 10.1. The molecule has 1 amide bonds. The first-order valence-corrected chi connectivity index (χ1v) is 9.45. The van der Waals surface area contributed by atoms with Crippen molar-refractivity contribution in [2.75, 3.05) is 0 Å². The summed E-state index contributed by atoms with van der Waals surface area (Å²) in [6.45, 7) is 0. The molecule has 5 nitrogen and oxygen atoms in total. The van der Waals surface area contributed by atoms with Gasteiger partial charge < -0.3 is 10.3 Å². The predicted octanol–water partition coefficient (Wildman–Crippen LogP) is 2.89. The van der Waals surface area contributed by atoms with Gasteiger partial charge in [0.2, 0.25) is 5.82 Å². The van der Waals surface area contributed by atoms with E-state index in [1.165, 1.54) is 10.4 Å². The first kappa shape index (κ1) is 14.8. The number of benzene rings is 1. The van der Waals surface area contributed by atoms with Crippen LogP contribution < -0.4 is 10.9 Å². The fourth-order valence-corrected chi connectivity index (χ4v) is 5.31. The topological polar surface area (TPSA) is 74.8 Å². The second-order valence-corrected chi connectivity index (χ2v) is 7.80. The zero-order chi connectivity index (χ0) is 17.0. The molecule has 126 valence electrons. The first-order chi connectivity index (χ1) is 12.2. The number of fused-ring (bicyclic) bond motifs is 4. The van der Waals surface area contributed by atoms with E-state index in [-0.39, 0.29) is 23.3 Å². The summed E-state index contributed by atoms with van der Waals surface area (Å²) < 4.78 is 0. The van der Waals surface area contributed by atoms with Gasteiger partial charge in [-0.3, -0.25) is 9.59 Å². The number of carbonyl (C=O) groups excluding carboxylic acids is 1. The van der Waals surface area contributed by atoms with E-state index in [2.05, 4.69) is 27.4 Å². The van der Waals surface area contributed by atoms with Crippen LogP contribution >= 0.6 is 11.3 Å². The average Bonchev–Trinajstić information content (AvgIpc) is 3.29. The van der Waals surface area contributed by atoms with E-state index >= 15 is 0 Å². The molecule has 0 saturated carbocycles. The Labute approximate surface area is 148 Å². The molecule has 2 aliphatic carbocycles. The number of aromatic nitrogens is 2. The molecule has 0 saturated heterocycles. The maximum absolute atomic E-state index is 12.6. The quantitative estimate of drug-likeness (QED) is 0.745. The lowest BCUT2D eigenvalue weighted by molar-refractivity contribution is 0.0926. The van der Waals surface area contributed by atoms with Crippen molar-refractivity contribution in [3.8, 4) is 0 Å². The maximum Gasteiger partial charge on any atom is 0.287 e. The van der Waals surface area contributed by atoms with Gasteiger partial charge in [-0.1, -0.05) is 24.3 Å². The molecule has 3 aromatic rings. The zero-order valence-corrected chi connectivity index (χ0v) is 14.4. The Morgan fingerprint density at radius 2 is 2.12 bits per heavy atom. The smallest absolute Gasteiger partial charge is 0.287 e. The molecular formula is C19H17N3O2S. The molecule has 0 aliphatic heterocycles. The predicted molar refractivity (Wildman–Crippen MR) is 97.2 cm³/mol. The van der Waals surface area contributed by atoms with Gasteiger partial charge in [0.15, 0.2) is 0 Å². The van der Waals surface area contributed by atoms with Crippen LogP contribution in [0.25, 0.3) is 10.2 Å². The van der Waals surface area contributed by atoms with Crippen molar-refractivity contribution in [3.05, 3.63) is 62.0 Å². The van der Waals surface area contributed by atoms with Gasteiger partial charge in [0, 0.05) is 4.88 Å². The Hall–Kier alpha value is -2.47. The lowest BCUT2D eigenvalue weighted by Crippen LogP contribution is -2.30. The van der Waals surface area contributed by atoms with Crippen molar-refractivity contribution in [3.63, 3.8) is 0 Å². The van der Waals surface area contributed by atoms with Crippen LogP contribution in [0.15, 0.2) is 29.1 Å². The van der Waals surface area contributed by atoms with Crippen molar-refractivity contribution >= 4 is 27.5 Å². The van der Waals surface area contributed by atoms with E-state index < -0.39 is 0 Å². The standard InChI is InChI=1S/C19H17N3O2S/c23-17-15-12-6-3-7-14(12)25-19(15)22-16(21-17)18(24)20-13-9-8-10-4-1-2-5-11(10)13/h1-2,4-5,13H,3,6-9H2,(H,20,24)(H,21,22,23)/t13-/m0/s1. The molecule has 2 N–H and O–H groups in total. The summed E-state index contributed by atoms with van der Waals surface area (Å²) in [5.74, 6) is -0.198. The number of hydrogen-bond donors (Lipinski definition) is 2. The largest absolute Gasteiger partial charge is 0.343 e. The van der Waals surface area contributed by atoms with Crippen LogP contribution in [0.3, 0.4) is 0 Å². The van der Waals surface area contributed by atoms with Gasteiger partial charge in [-0.15, -0.1) is 11.3 Å². The minimum Gasteiger partial charge on any atom is -0.343 e. The van der Waals surface area contributed by atoms with E-state index in [9.17, 15) is 9.59 Å². The van der Waals surface area contributed by atoms with Crippen LogP contribution in [-0.2, 0) is 19.3 Å². The minimum atomic E-state index is -0.311. The highest BCUT2D eigenvalue weighted by atomic mass is 32.1. The molecule has 0 unspecified atom stereocenters. The van der Waals surface area contributed by atoms with Crippen molar-refractivity contribution in [1.29, 1.82) is 0 Å². The number of carbonyl (C=O) groups is 1. The summed E-state index contributed by atoms with van der Waals surface area (Å²) in [6, 6.07) is 8.14. The Bertz CT molecular complexity index is 1070. The number of aryl methyl sites for hydroxylation is 3.